The molecule has 0 fully saturated rings. The minimum absolute atomic E-state index is 0.110. The minimum Gasteiger partial charge on any atom is -0.369 e. The molecule has 0 saturated heterocycles. The number of nitrogens with two attached hydrogens (primary N) is 1. The van der Waals surface area contributed by atoms with Gasteiger partial charge in [0.1, 0.15) is 16.3 Å². The predicted molar refractivity (Wildman–Crippen MR) is 146 cm³/mol. The SMILES string of the molecule is CCC(CCNc1nc(N)nc(C)c1-c1nc2c(C)nccc2s1)C(C)(C)Sc1ccccc1. The molecule has 0 saturated carbocycles. The van der Waals surface area contributed by atoms with E-state index in [2.05, 4.69) is 71.4 Å². The summed E-state index contributed by atoms with van der Waals surface area (Å²) in [6.45, 7) is 11.7. The van der Waals surface area contributed by atoms with Gasteiger partial charge in [0.15, 0.2) is 0 Å². The van der Waals surface area contributed by atoms with Crippen molar-refractivity contribution in [3.8, 4) is 10.6 Å². The van der Waals surface area contributed by atoms with Crippen molar-refractivity contribution in [3.63, 3.8) is 0 Å². The third-order valence-corrected chi connectivity index (χ3v) is 8.60. The van der Waals surface area contributed by atoms with Crippen LogP contribution in [0, 0.1) is 19.8 Å². The van der Waals surface area contributed by atoms with Gasteiger partial charge in [-0.15, -0.1) is 23.1 Å². The molecule has 0 radical (unpaired) electrons. The summed E-state index contributed by atoms with van der Waals surface area (Å²) in [5, 5.41) is 4.45. The molecular formula is C26H32N6S2. The van der Waals surface area contributed by atoms with E-state index in [1.807, 2.05) is 37.9 Å². The van der Waals surface area contributed by atoms with Crippen LogP contribution in [0.15, 0.2) is 47.5 Å². The van der Waals surface area contributed by atoms with Crippen LogP contribution in [0.5, 0.6) is 0 Å². The summed E-state index contributed by atoms with van der Waals surface area (Å²) < 4.78 is 1.22. The van der Waals surface area contributed by atoms with Gasteiger partial charge in [-0.3, -0.25) is 4.98 Å². The van der Waals surface area contributed by atoms with Crippen molar-refractivity contribution in [1.82, 2.24) is 19.9 Å². The highest BCUT2D eigenvalue weighted by Gasteiger charge is 2.29. The number of hydrogen-bond donors (Lipinski definition) is 2. The molecule has 34 heavy (non-hydrogen) atoms. The van der Waals surface area contributed by atoms with E-state index in [9.17, 15) is 0 Å². The fourth-order valence-corrected chi connectivity index (χ4v) is 6.81. The van der Waals surface area contributed by atoms with E-state index >= 15 is 0 Å². The van der Waals surface area contributed by atoms with E-state index in [1.54, 1.807) is 11.3 Å². The molecule has 6 nitrogen and oxygen atoms in total. The molecule has 8 heteroatoms. The fourth-order valence-electron chi connectivity index (χ4n) is 4.35. The van der Waals surface area contributed by atoms with Crippen LogP contribution < -0.4 is 11.1 Å². The Morgan fingerprint density at radius 2 is 1.82 bits per heavy atom. The first-order valence-corrected chi connectivity index (χ1v) is 13.3. The molecule has 0 spiro atoms. The summed E-state index contributed by atoms with van der Waals surface area (Å²) in [7, 11) is 0. The summed E-state index contributed by atoms with van der Waals surface area (Å²) in [5.74, 6) is 1.55. The van der Waals surface area contributed by atoms with Crippen LogP contribution >= 0.6 is 23.1 Å². The Balaban J connectivity index is 1.54. The Morgan fingerprint density at radius 1 is 1.06 bits per heavy atom. The third kappa shape index (κ3) is 5.33. The number of nitrogens with zero attached hydrogens (tertiary/aromatic N) is 4. The smallest absolute Gasteiger partial charge is 0.222 e. The van der Waals surface area contributed by atoms with Gasteiger partial charge in [-0.05, 0) is 44.4 Å². The number of anilines is 2. The molecular weight excluding hydrogens is 460 g/mol. The van der Waals surface area contributed by atoms with Gasteiger partial charge in [0.25, 0.3) is 0 Å². The first-order valence-electron chi connectivity index (χ1n) is 11.6. The molecule has 0 amide bonds. The maximum atomic E-state index is 6.03. The Hall–Kier alpha value is -2.71. The lowest BCUT2D eigenvalue weighted by Crippen LogP contribution is -2.29. The average Bonchev–Trinajstić information content (AvgIpc) is 3.21. The number of thioether (sulfide) groups is 1. The van der Waals surface area contributed by atoms with Crippen molar-refractivity contribution in [2.45, 2.75) is 57.1 Å². The number of nitrogen functional groups attached to an aromatic ring is 1. The zero-order chi connectivity index (χ0) is 24.3. The predicted octanol–water partition coefficient (Wildman–Crippen LogP) is 6.75. The molecule has 0 aliphatic heterocycles. The van der Waals surface area contributed by atoms with Gasteiger partial charge >= 0.3 is 0 Å². The molecule has 1 unspecified atom stereocenters. The van der Waals surface area contributed by atoms with Crippen molar-refractivity contribution in [2.24, 2.45) is 5.92 Å². The van der Waals surface area contributed by atoms with E-state index in [0.717, 1.165) is 57.4 Å². The van der Waals surface area contributed by atoms with Crippen LogP contribution in [0.25, 0.3) is 20.8 Å². The van der Waals surface area contributed by atoms with Gasteiger partial charge in [-0.25, -0.2) is 9.97 Å². The molecule has 3 heterocycles. The molecule has 1 aromatic carbocycles. The number of aromatic nitrogens is 4. The zero-order valence-electron chi connectivity index (χ0n) is 20.4. The van der Waals surface area contributed by atoms with E-state index < -0.39 is 0 Å². The average molecular weight is 493 g/mol. The van der Waals surface area contributed by atoms with Gasteiger partial charge in [0, 0.05) is 22.4 Å². The first-order chi connectivity index (χ1) is 16.3. The second-order valence-corrected chi connectivity index (χ2v) is 11.8. The van der Waals surface area contributed by atoms with E-state index in [1.165, 1.54) is 4.90 Å². The number of fused-ring (bicyclic) bond motifs is 1. The van der Waals surface area contributed by atoms with Crippen LogP contribution in [0.3, 0.4) is 0 Å². The number of hydrogen-bond acceptors (Lipinski definition) is 8. The van der Waals surface area contributed by atoms with Gasteiger partial charge < -0.3 is 11.1 Å². The lowest BCUT2D eigenvalue weighted by molar-refractivity contribution is 0.392. The van der Waals surface area contributed by atoms with Gasteiger partial charge in [-0.1, -0.05) is 45.4 Å². The molecule has 3 N–H and O–H groups in total. The zero-order valence-corrected chi connectivity index (χ0v) is 22.1. The number of pyridine rings is 1. The third-order valence-electron chi connectivity index (χ3n) is 6.20. The Morgan fingerprint density at radius 3 is 2.53 bits per heavy atom. The highest BCUT2D eigenvalue weighted by atomic mass is 32.2. The van der Waals surface area contributed by atoms with Crippen LogP contribution in [-0.2, 0) is 0 Å². The van der Waals surface area contributed by atoms with Crippen molar-refractivity contribution in [3.05, 3.63) is 54.0 Å². The van der Waals surface area contributed by atoms with E-state index in [4.69, 9.17) is 10.7 Å². The van der Waals surface area contributed by atoms with Crippen LogP contribution in [0.2, 0.25) is 0 Å². The number of benzene rings is 1. The van der Waals surface area contributed by atoms with Crippen molar-refractivity contribution < 1.29 is 0 Å². The number of rotatable bonds is 9. The second-order valence-electron chi connectivity index (χ2n) is 8.99. The number of nitrogens with one attached hydrogen (secondary N) is 1. The van der Waals surface area contributed by atoms with E-state index in [0.29, 0.717) is 5.92 Å². The maximum absolute atomic E-state index is 6.03. The lowest BCUT2D eigenvalue weighted by Gasteiger charge is -2.33. The van der Waals surface area contributed by atoms with Crippen LogP contribution in [0.4, 0.5) is 11.8 Å². The standard InChI is InChI=1S/C26H32N6S2/c1-6-18(26(4,5)34-19-10-8-7-9-11-19)12-14-29-23-21(16(2)30-25(27)32-23)24-31-22-17(3)28-15-13-20(22)33-24/h7-11,13,15,18H,6,12,14H2,1-5H3,(H3,27,29,30,32). The summed E-state index contributed by atoms with van der Waals surface area (Å²) in [6.07, 6.45) is 3.95. The molecule has 1 atom stereocenters. The van der Waals surface area contributed by atoms with Gasteiger partial charge in [0.05, 0.1) is 21.7 Å². The summed E-state index contributed by atoms with van der Waals surface area (Å²) in [5.41, 5.74) is 9.62. The summed E-state index contributed by atoms with van der Waals surface area (Å²) in [6, 6.07) is 12.6. The van der Waals surface area contributed by atoms with Crippen LogP contribution in [-0.4, -0.2) is 31.2 Å². The summed E-state index contributed by atoms with van der Waals surface area (Å²) >= 11 is 3.58. The topological polar surface area (TPSA) is 89.6 Å². The van der Waals surface area contributed by atoms with Crippen molar-refractivity contribution in [2.75, 3.05) is 17.6 Å². The highest BCUT2D eigenvalue weighted by Crippen LogP contribution is 2.41. The molecule has 0 aliphatic carbocycles. The normalized spacial score (nSPS) is 12.7. The Kier molecular flexibility index (Phi) is 7.38. The van der Waals surface area contributed by atoms with Gasteiger partial charge in [-0.2, -0.15) is 4.98 Å². The first kappa shape index (κ1) is 24.4. The number of thiazole rings is 1. The van der Waals surface area contributed by atoms with Crippen molar-refractivity contribution in [1.29, 1.82) is 0 Å². The number of aryl methyl sites for hydroxylation is 2. The molecule has 0 bridgehead atoms. The minimum atomic E-state index is 0.110. The molecule has 178 valence electrons. The second kappa shape index (κ2) is 10.3. The summed E-state index contributed by atoms with van der Waals surface area (Å²) in [4.78, 5) is 19.5. The van der Waals surface area contributed by atoms with Crippen molar-refractivity contribution >= 4 is 45.1 Å². The quantitative estimate of drug-likeness (QED) is 0.250. The highest BCUT2D eigenvalue weighted by molar-refractivity contribution is 8.00. The molecule has 0 aliphatic rings. The molecule has 3 aromatic heterocycles. The van der Waals surface area contributed by atoms with Crippen LogP contribution in [0.1, 0.15) is 45.0 Å². The van der Waals surface area contributed by atoms with Gasteiger partial charge in [0.2, 0.25) is 5.95 Å². The Bertz CT molecular complexity index is 1270. The lowest BCUT2D eigenvalue weighted by atomic mass is 9.89. The van der Waals surface area contributed by atoms with E-state index in [-0.39, 0.29) is 10.7 Å². The molecule has 4 rings (SSSR count). The Labute approximate surface area is 209 Å². The largest absolute Gasteiger partial charge is 0.369 e. The monoisotopic (exact) mass is 492 g/mol. The fraction of sp³-hybridized carbons (Fsp3) is 0.385. The maximum Gasteiger partial charge on any atom is 0.222 e. The molecule has 4 aromatic rings.